The maximum absolute atomic E-state index is 12.8. The predicted molar refractivity (Wildman–Crippen MR) is 105 cm³/mol. The second kappa shape index (κ2) is 7.27. The van der Waals surface area contributed by atoms with Crippen molar-refractivity contribution in [3.05, 3.63) is 29.3 Å². The van der Waals surface area contributed by atoms with E-state index in [1.165, 1.54) is 11.1 Å². The summed E-state index contributed by atoms with van der Waals surface area (Å²) < 4.78 is 5.10. The van der Waals surface area contributed by atoms with Crippen LogP contribution < -0.4 is 5.32 Å². The second-order valence-electron chi connectivity index (χ2n) is 8.48. The van der Waals surface area contributed by atoms with E-state index >= 15 is 0 Å². The van der Waals surface area contributed by atoms with Crippen molar-refractivity contribution in [2.75, 3.05) is 25.0 Å². The largest absolute Gasteiger partial charge is 0.466 e. The zero-order valence-electron chi connectivity index (χ0n) is 16.4. The van der Waals surface area contributed by atoms with Gasteiger partial charge in [0.05, 0.1) is 12.0 Å². The summed E-state index contributed by atoms with van der Waals surface area (Å²) in [5.41, 5.74) is 3.06. The minimum Gasteiger partial charge on any atom is -0.466 e. The van der Waals surface area contributed by atoms with E-state index in [1.807, 2.05) is 6.92 Å². The summed E-state index contributed by atoms with van der Waals surface area (Å²) in [7, 11) is 0. The van der Waals surface area contributed by atoms with E-state index in [1.54, 1.807) is 0 Å². The van der Waals surface area contributed by atoms with Crippen molar-refractivity contribution >= 4 is 17.6 Å². The van der Waals surface area contributed by atoms with Crippen LogP contribution in [-0.4, -0.2) is 42.5 Å². The molecular weight excluding hydrogens is 340 g/mol. The molecule has 2 aliphatic heterocycles. The van der Waals surface area contributed by atoms with Crippen LogP contribution in [0.2, 0.25) is 0 Å². The number of nitrogens with zero attached hydrogens (tertiary/aromatic N) is 1. The van der Waals surface area contributed by atoms with Crippen molar-refractivity contribution < 1.29 is 14.3 Å². The Labute approximate surface area is 161 Å². The smallest absolute Gasteiger partial charge is 0.306 e. The molecule has 5 nitrogen and oxygen atoms in total. The highest BCUT2D eigenvalue weighted by Crippen LogP contribution is 2.48. The first-order valence-electron chi connectivity index (χ1n) is 10.3. The van der Waals surface area contributed by atoms with Gasteiger partial charge in [0.15, 0.2) is 0 Å². The molecule has 4 rings (SSSR count). The predicted octanol–water partition coefficient (Wildman–Crippen LogP) is 3.40. The van der Waals surface area contributed by atoms with E-state index in [-0.39, 0.29) is 17.3 Å². The monoisotopic (exact) mass is 370 g/mol. The normalized spacial score (nSPS) is 30.4. The molecule has 1 aromatic carbocycles. The SMILES string of the molecule is CCOC(=O)C[C@H]1CCN(C2CCC3(CC2)C(=O)Nc2cc(C)ccc23)C1. The minimum absolute atomic E-state index is 0.0681. The highest BCUT2D eigenvalue weighted by atomic mass is 16.5. The van der Waals surface area contributed by atoms with Crippen molar-refractivity contribution in [1.82, 2.24) is 4.90 Å². The molecular formula is C22H30N2O3. The number of hydrogen-bond donors (Lipinski definition) is 1. The van der Waals surface area contributed by atoms with E-state index in [0.29, 0.717) is 25.0 Å². The summed E-state index contributed by atoms with van der Waals surface area (Å²) in [6, 6.07) is 6.89. The minimum atomic E-state index is -0.330. The van der Waals surface area contributed by atoms with E-state index in [0.717, 1.165) is 50.9 Å². The van der Waals surface area contributed by atoms with Crippen molar-refractivity contribution in [1.29, 1.82) is 0 Å². The number of fused-ring (bicyclic) bond motifs is 2. The number of nitrogens with one attached hydrogen (secondary N) is 1. The molecule has 1 aliphatic carbocycles. The molecule has 0 bridgehead atoms. The molecule has 1 aromatic rings. The molecule has 1 saturated carbocycles. The third kappa shape index (κ3) is 3.38. The van der Waals surface area contributed by atoms with Gasteiger partial charge in [0.25, 0.3) is 0 Å². The van der Waals surface area contributed by atoms with Crippen LogP contribution in [0.25, 0.3) is 0 Å². The van der Waals surface area contributed by atoms with E-state index in [9.17, 15) is 9.59 Å². The van der Waals surface area contributed by atoms with Gasteiger partial charge in [-0.05, 0) is 75.6 Å². The average Bonchev–Trinajstić information content (AvgIpc) is 3.19. The lowest BCUT2D eigenvalue weighted by Gasteiger charge is -2.39. The Morgan fingerprint density at radius 3 is 2.81 bits per heavy atom. The molecule has 0 radical (unpaired) electrons. The van der Waals surface area contributed by atoms with Gasteiger partial charge in [-0.1, -0.05) is 12.1 Å². The van der Waals surface area contributed by atoms with Gasteiger partial charge < -0.3 is 15.0 Å². The highest BCUT2D eigenvalue weighted by molar-refractivity contribution is 6.06. The number of benzene rings is 1. The Kier molecular flexibility index (Phi) is 4.97. The molecule has 0 unspecified atom stereocenters. The molecule has 0 aromatic heterocycles. The van der Waals surface area contributed by atoms with Crippen molar-refractivity contribution in [3.8, 4) is 0 Å². The molecule has 1 spiro atoms. The molecule has 1 N–H and O–H groups in total. The second-order valence-corrected chi connectivity index (χ2v) is 8.48. The number of hydrogen-bond acceptors (Lipinski definition) is 4. The van der Waals surface area contributed by atoms with Crippen LogP contribution >= 0.6 is 0 Å². The number of carbonyl (C=O) groups excluding carboxylic acids is 2. The molecule has 1 saturated heterocycles. The number of anilines is 1. The van der Waals surface area contributed by atoms with Gasteiger partial charge in [-0.15, -0.1) is 0 Å². The van der Waals surface area contributed by atoms with Crippen LogP contribution in [0.1, 0.15) is 56.6 Å². The Morgan fingerprint density at radius 2 is 2.07 bits per heavy atom. The highest BCUT2D eigenvalue weighted by Gasteiger charge is 2.49. The van der Waals surface area contributed by atoms with Gasteiger partial charge in [0.1, 0.15) is 0 Å². The maximum Gasteiger partial charge on any atom is 0.306 e. The fraction of sp³-hybridized carbons (Fsp3) is 0.636. The Hall–Kier alpha value is -1.88. The number of aryl methyl sites for hydroxylation is 1. The number of likely N-dealkylation sites (tertiary alicyclic amines) is 1. The first-order valence-corrected chi connectivity index (χ1v) is 10.3. The molecule has 2 heterocycles. The zero-order valence-corrected chi connectivity index (χ0v) is 16.4. The molecule has 27 heavy (non-hydrogen) atoms. The van der Waals surface area contributed by atoms with Crippen LogP contribution in [0.15, 0.2) is 18.2 Å². The Morgan fingerprint density at radius 1 is 1.30 bits per heavy atom. The Balaban J connectivity index is 1.38. The van der Waals surface area contributed by atoms with Gasteiger partial charge in [0.2, 0.25) is 5.91 Å². The molecule has 2 fully saturated rings. The fourth-order valence-electron chi connectivity index (χ4n) is 5.32. The molecule has 3 aliphatic rings. The summed E-state index contributed by atoms with van der Waals surface area (Å²) in [6.45, 7) is 6.43. The Bertz CT molecular complexity index is 737. The van der Waals surface area contributed by atoms with Crippen LogP contribution in [0, 0.1) is 12.8 Å². The number of carbonyl (C=O) groups is 2. The third-order valence-electron chi connectivity index (χ3n) is 6.78. The summed E-state index contributed by atoms with van der Waals surface area (Å²) in [5.74, 6) is 0.531. The zero-order chi connectivity index (χ0) is 19.0. The molecule has 146 valence electrons. The van der Waals surface area contributed by atoms with Crippen molar-refractivity contribution in [3.63, 3.8) is 0 Å². The summed E-state index contributed by atoms with van der Waals surface area (Å²) >= 11 is 0. The average molecular weight is 370 g/mol. The molecule has 1 atom stereocenters. The lowest BCUT2D eigenvalue weighted by atomic mass is 9.68. The first-order chi connectivity index (χ1) is 13.0. The van der Waals surface area contributed by atoms with E-state index in [2.05, 4.69) is 35.3 Å². The van der Waals surface area contributed by atoms with Gasteiger partial charge in [-0.2, -0.15) is 0 Å². The first kappa shape index (κ1) is 18.5. The molecule has 1 amide bonds. The van der Waals surface area contributed by atoms with Gasteiger partial charge >= 0.3 is 5.97 Å². The van der Waals surface area contributed by atoms with E-state index in [4.69, 9.17) is 4.74 Å². The lowest BCUT2D eigenvalue weighted by molar-refractivity contribution is -0.144. The van der Waals surface area contributed by atoms with Crippen molar-refractivity contribution in [2.45, 2.75) is 63.8 Å². The summed E-state index contributed by atoms with van der Waals surface area (Å²) in [5, 5.41) is 3.12. The van der Waals surface area contributed by atoms with Crippen LogP contribution in [-0.2, 0) is 19.7 Å². The number of esters is 1. The number of amides is 1. The third-order valence-corrected chi connectivity index (χ3v) is 6.78. The summed E-state index contributed by atoms with van der Waals surface area (Å²) in [6.07, 6.45) is 5.54. The van der Waals surface area contributed by atoms with Crippen LogP contribution in [0.4, 0.5) is 5.69 Å². The van der Waals surface area contributed by atoms with Gasteiger partial charge in [-0.3, -0.25) is 9.59 Å². The molecule has 5 heteroatoms. The quantitative estimate of drug-likeness (QED) is 0.825. The summed E-state index contributed by atoms with van der Waals surface area (Å²) in [4.78, 5) is 27.1. The van der Waals surface area contributed by atoms with Crippen molar-refractivity contribution in [2.24, 2.45) is 5.92 Å². The van der Waals surface area contributed by atoms with Gasteiger partial charge in [-0.25, -0.2) is 0 Å². The standard InChI is InChI=1S/C22H30N2O3/c1-3-27-20(25)13-16-8-11-24(14-16)17-6-9-22(10-7-17)18-5-4-15(2)12-19(18)23-21(22)26/h4-5,12,16-17H,3,6-11,13-14H2,1-2H3,(H,23,26)/t16-,17?,22?/m1/s1. The van der Waals surface area contributed by atoms with Gasteiger partial charge in [0, 0.05) is 24.7 Å². The number of rotatable bonds is 4. The maximum atomic E-state index is 12.8. The number of ether oxygens (including phenoxy) is 1. The topological polar surface area (TPSA) is 58.6 Å². The fourth-order valence-corrected chi connectivity index (χ4v) is 5.32. The lowest BCUT2D eigenvalue weighted by Crippen LogP contribution is -2.44. The van der Waals surface area contributed by atoms with Crippen LogP contribution in [0.3, 0.4) is 0 Å². The van der Waals surface area contributed by atoms with Crippen LogP contribution in [0.5, 0.6) is 0 Å². The van der Waals surface area contributed by atoms with E-state index < -0.39 is 0 Å².